The van der Waals surface area contributed by atoms with Crippen LogP contribution >= 0.6 is 7.26 Å². The lowest BCUT2D eigenvalue weighted by atomic mass is 10.1. The third-order valence-electron chi connectivity index (χ3n) is 6.46. The molecular formula is C34H29NOP+. The summed E-state index contributed by atoms with van der Waals surface area (Å²) in [6.07, 6.45) is 0. The molecule has 0 saturated carbocycles. The van der Waals surface area contributed by atoms with Crippen molar-refractivity contribution in [3.63, 3.8) is 0 Å². The fourth-order valence-corrected chi connectivity index (χ4v) is 8.71. The van der Waals surface area contributed by atoms with E-state index in [2.05, 4.69) is 104 Å². The number of hydrogen-bond acceptors (Lipinski definition) is 1. The number of anilines is 1. The summed E-state index contributed by atoms with van der Waals surface area (Å²) < 4.78 is 0. The summed E-state index contributed by atoms with van der Waals surface area (Å²) in [5.41, 5.74) is 2.39. The van der Waals surface area contributed by atoms with E-state index in [4.69, 9.17) is 0 Å². The van der Waals surface area contributed by atoms with Crippen LogP contribution in [-0.4, -0.2) is 5.91 Å². The van der Waals surface area contributed by atoms with E-state index < -0.39 is 7.26 Å². The molecule has 0 saturated heterocycles. The summed E-state index contributed by atoms with van der Waals surface area (Å²) in [5, 5.41) is 3.73. The zero-order valence-corrected chi connectivity index (χ0v) is 21.7. The zero-order chi connectivity index (χ0) is 25.5. The average molecular weight is 499 g/mol. The van der Waals surface area contributed by atoms with Crippen molar-refractivity contribution in [3.05, 3.63) is 169 Å². The maximum Gasteiger partial charge on any atom is 0.262 e. The van der Waals surface area contributed by atoms with Gasteiger partial charge in [0.05, 0.1) is 11.5 Å². The van der Waals surface area contributed by atoms with Gasteiger partial charge in [0.2, 0.25) is 0 Å². The summed E-state index contributed by atoms with van der Waals surface area (Å²) in [4.78, 5) is 15.8. The van der Waals surface area contributed by atoms with Crippen molar-refractivity contribution < 1.29 is 4.79 Å². The molecule has 0 aliphatic rings. The first-order valence-electron chi connectivity index (χ1n) is 12.4. The van der Waals surface area contributed by atoms with Crippen LogP contribution in [0.15, 0.2) is 163 Å². The number of nitrogens with zero attached hydrogens (tertiary/aromatic N) is 1. The fraction of sp³-hybridized carbons (Fsp3) is 0.0294. The molecule has 3 heteroatoms. The SMILES string of the molecule is C/C(=C\[P+](c1ccccc1)(c1ccccc1)c1ccccc1)N(C(=O)c1ccccc1)c1ccccc1. The molecule has 1 amide bonds. The summed E-state index contributed by atoms with van der Waals surface area (Å²) in [7, 11) is -2.27. The number of hydrogen-bond donors (Lipinski definition) is 0. The minimum absolute atomic E-state index is 0.0483. The van der Waals surface area contributed by atoms with Crippen LogP contribution in [0, 0.1) is 0 Å². The molecule has 0 heterocycles. The van der Waals surface area contributed by atoms with Crippen molar-refractivity contribution in [1.82, 2.24) is 0 Å². The number of carbonyl (C=O) groups is 1. The highest BCUT2D eigenvalue weighted by atomic mass is 31.2. The van der Waals surface area contributed by atoms with Crippen LogP contribution < -0.4 is 20.8 Å². The molecule has 0 aliphatic carbocycles. The van der Waals surface area contributed by atoms with Gasteiger partial charge in [0, 0.05) is 11.3 Å². The number of carbonyl (C=O) groups excluding carboxylic acids is 1. The molecule has 0 radical (unpaired) electrons. The van der Waals surface area contributed by atoms with Gasteiger partial charge in [0.25, 0.3) is 5.91 Å². The monoisotopic (exact) mass is 498 g/mol. The van der Waals surface area contributed by atoms with Gasteiger partial charge in [-0.2, -0.15) is 0 Å². The molecule has 5 rings (SSSR count). The highest BCUT2D eigenvalue weighted by molar-refractivity contribution is 7.98. The van der Waals surface area contributed by atoms with Crippen LogP contribution in [0.4, 0.5) is 5.69 Å². The molecule has 0 bridgehead atoms. The van der Waals surface area contributed by atoms with Crippen LogP contribution in [0.25, 0.3) is 0 Å². The van der Waals surface area contributed by atoms with E-state index in [1.165, 1.54) is 15.9 Å². The Balaban J connectivity index is 1.78. The summed E-state index contributed by atoms with van der Waals surface area (Å²) in [6, 6.07) is 51.4. The maximum absolute atomic E-state index is 14.0. The largest absolute Gasteiger partial charge is 0.278 e. The molecule has 0 aromatic heterocycles. The quantitative estimate of drug-likeness (QED) is 0.218. The smallest absolute Gasteiger partial charge is 0.262 e. The van der Waals surface area contributed by atoms with Crippen LogP contribution in [0.5, 0.6) is 0 Å². The van der Waals surface area contributed by atoms with Crippen molar-refractivity contribution in [2.45, 2.75) is 6.92 Å². The molecule has 0 atom stereocenters. The van der Waals surface area contributed by atoms with Crippen molar-refractivity contribution in [2.75, 3.05) is 4.90 Å². The van der Waals surface area contributed by atoms with Crippen molar-refractivity contribution >= 4 is 34.8 Å². The van der Waals surface area contributed by atoms with Crippen molar-refractivity contribution in [2.24, 2.45) is 0 Å². The number of amides is 1. The van der Waals surface area contributed by atoms with E-state index in [-0.39, 0.29) is 5.91 Å². The van der Waals surface area contributed by atoms with E-state index in [1.54, 1.807) is 0 Å². The van der Waals surface area contributed by atoms with E-state index >= 15 is 0 Å². The number of rotatable bonds is 7. The van der Waals surface area contributed by atoms with Crippen LogP contribution in [0.1, 0.15) is 17.3 Å². The van der Waals surface area contributed by atoms with Gasteiger partial charge in [-0.1, -0.05) is 91.0 Å². The normalized spacial score (nSPS) is 11.6. The van der Waals surface area contributed by atoms with Gasteiger partial charge in [0.1, 0.15) is 23.2 Å². The second-order valence-electron chi connectivity index (χ2n) is 8.84. The lowest BCUT2D eigenvalue weighted by Gasteiger charge is -2.28. The summed E-state index contributed by atoms with van der Waals surface area (Å²) in [6.45, 7) is 2.05. The number of benzene rings is 5. The molecule has 0 N–H and O–H groups in total. The molecule has 0 unspecified atom stereocenters. The molecule has 37 heavy (non-hydrogen) atoms. The number of allylic oxidation sites excluding steroid dienone is 1. The Labute approximate surface area is 219 Å². The molecule has 0 aliphatic heterocycles. The first kappa shape index (κ1) is 24.4. The third kappa shape index (κ3) is 5.03. The van der Waals surface area contributed by atoms with Crippen molar-refractivity contribution in [3.8, 4) is 0 Å². The molecule has 0 spiro atoms. The second kappa shape index (κ2) is 11.2. The van der Waals surface area contributed by atoms with Gasteiger partial charge in [-0.3, -0.25) is 9.69 Å². The zero-order valence-electron chi connectivity index (χ0n) is 20.8. The van der Waals surface area contributed by atoms with E-state index in [0.29, 0.717) is 5.56 Å². The Bertz CT molecular complexity index is 1370. The first-order valence-corrected chi connectivity index (χ1v) is 14.3. The van der Waals surface area contributed by atoms with Crippen LogP contribution in [0.2, 0.25) is 0 Å². The van der Waals surface area contributed by atoms with Gasteiger partial charge in [-0.05, 0) is 67.6 Å². The highest BCUT2D eigenvalue weighted by Crippen LogP contribution is 2.58. The van der Waals surface area contributed by atoms with Crippen LogP contribution in [-0.2, 0) is 0 Å². The lowest BCUT2D eigenvalue weighted by molar-refractivity contribution is 0.0995. The topological polar surface area (TPSA) is 20.3 Å². The highest BCUT2D eigenvalue weighted by Gasteiger charge is 2.44. The first-order chi connectivity index (χ1) is 18.2. The van der Waals surface area contributed by atoms with Gasteiger partial charge >= 0.3 is 0 Å². The van der Waals surface area contributed by atoms with Gasteiger partial charge in [-0.15, -0.1) is 0 Å². The van der Waals surface area contributed by atoms with E-state index in [9.17, 15) is 4.79 Å². The summed E-state index contributed by atoms with van der Waals surface area (Å²) >= 11 is 0. The average Bonchev–Trinajstić information content (AvgIpc) is 2.98. The second-order valence-corrected chi connectivity index (χ2v) is 12.1. The predicted molar refractivity (Wildman–Crippen MR) is 159 cm³/mol. The minimum atomic E-state index is -2.27. The van der Waals surface area contributed by atoms with Crippen molar-refractivity contribution in [1.29, 1.82) is 0 Å². The molecular weight excluding hydrogens is 469 g/mol. The molecule has 5 aromatic rings. The Morgan fingerprint density at radius 1 is 0.541 bits per heavy atom. The van der Waals surface area contributed by atoms with E-state index in [0.717, 1.165) is 11.4 Å². The van der Waals surface area contributed by atoms with E-state index in [1.807, 2.05) is 65.6 Å². The van der Waals surface area contributed by atoms with Crippen LogP contribution in [0.3, 0.4) is 0 Å². The van der Waals surface area contributed by atoms with Gasteiger partial charge in [0.15, 0.2) is 0 Å². The summed E-state index contributed by atoms with van der Waals surface area (Å²) in [5.74, 6) is 2.30. The molecule has 0 fully saturated rings. The molecule has 2 nitrogen and oxygen atoms in total. The maximum atomic E-state index is 14.0. The third-order valence-corrected chi connectivity index (χ3v) is 10.6. The molecule has 5 aromatic carbocycles. The Hall–Kier alpha value is -4.26. The fourth-order valence-electron chi connectivity index (χ4n) is 4.77. The Morgan fingerprint density at radius 3 is 1.30 bits per heavy atom. The standard InChI is InChI=1S/C34H29NOP/c1-28(35(30-19-9-3-10-20-30)34(36)29-17-7-2-8-18-29)27-37(31-21-11-4-12-22-31,32-23-13-5-14-24-32)33-25-15-6-16-26-33/h2-27H,1H3/q+1/b28-27+. The van der Waals surface area contributed by atoms with Gasteiger partial charge < -0.3 is 0 Å². The Morgan fingerprint density at radius 2 is 0.892 bits per heavy atom. The predicted octanol–water partition coefficient (Wildman–Crippen LogP) is 7.19. The number of para-hydroxylation sites is 1. The molecule has 180 valence electrons. The minimum Gasteiger partial charge on any atom is -0.278 e. The Kier molecular flexibility index (Phi) is 7.40. The lowest BCUT2D eigenvalue weighted by Crippen LogP contribution is -2.33. The van der Waals surface area contributed by atoms with Gasteiger partial charge in [-0.25, -0.2) is 0 Å².